The van der Waals surface area contributed by atoms with Crippen LogP contribution >= 0.6 is 15.9 Å². The first-order valence-corrected chi connectivity index (χ1v) is 10.7. The number of hydrogen-bond acceptors (Lipinski definition) is 6. The summed E-state index contributed by atoms with van der Waals surface area (Å²) in [7, 11) is 0. The van der Waals surface area contributed by atoms with E-state index in [0.29, 0.717) is 34.4 Å². The lowest BCUT2D eigenvalue weighted by Crippen LogP contribution is -2.31. The molecule has 3 rings (SSSR count). The third-order valence-corrected chi connectivity index (χ3v) is 5.05. The largest absolute Gasteiger partial charge is 0.385 e. The summed E-state index contributed by atoms with van der Waals surface area (Å²) in [4.78, 5) is 20.7. The van der Waals surface area contributed by atoms with Crippen molar-refractivity contribution in [1.29, 1.82) is 0 Å². The van der Waals surface area contributed by atoms with Crippen molar-refractivity contribution in [2.24, 2.45) is 11.7 Å². The molecule has 0 atom stereocenters. The second-order valence-corrected chi connectivity index (χ2v) is 8.54. The number of amides is 1. The van der Waals surface area contributed by atoms with Crippen molar-refractivity contribution in [2.45, 2.75) is 39.2 Å². The molecule has 1 fully saturated rings. The van der Waals surface area contributed by atoms with Crippen molar-refractivity contribution in [3.8, 4) is 0 Å². The predicted molar refractivity (Wildman–Crippen MR) is 124 cm³/mol. The molecule has 0 aliphatic heterocycles. The fraction of sp³-hybridized carbons (Fsp3) is 0.318. The highest BCUT2D eigenvalue weighted by Gasteiger charge is 2.23. The number of rotatable bonds is 9. The molecule has 158 valence electrons. The van der Waals surface area contributed by atoms with Gasteiger partial charge in [0, 0.05) is 17.9 Å². The topological polar surface area (TPSA) is 105 Å². The number of nitrogens with zero attached hydrogens (tertiary/aromatic N) is 2. The number of carbonyl (C=O) groups is 1. The highest BCUT2D eigenvalue weighted by Crippen LogP contribution is 2.36. The number of halogens is 1. The number of benzene rings is 1. The summed E-state index contributed by atoms with van der Waals surface area (Å²) >= 11 is 3.44. The van der Waals surface area contributed by atoms with E-state index in [0.717, 1.165) is 16.8 Å². The molecule has 5 N–H and O–H groups in total. The van der Waals surface area contributed by atoms with E-state index in [4.69, 9.17) is 5.73 Å². The molecule has 1 aliphatic rings. The summed E-state index contributed by atoms with van der Waals surface area (Å²) in [6.07, 6.45) is 6.21. The van der Waals surface area contributed by atoms with E-state index in [2.05, 4.69) is 48.4 Å². The molecule has 1 aliphatic carbocycles. The second kappa shape index (κ2) is 9.75. The molecule has 1 heterocycles. The van der Waals surface area contributed by atoms with Crippen LogP contribution in [-0.4, -0.2) is 21.9 Å². The van der Waals surface area contributed by atoms with Crippen LogP contribution in [-0.2, 0) is 11.2 Å². The zero-order valence-electron chi connectivity index (χ0n) is 17.2. The van der Waals surface area contributed by atoms with Crippen LogP contribution in [0, 0.1) is 5.92 Å². The van der Waals surface area contributed by atoms with Gasteiger partial charge in [-0.2, -0.15) is 4.98 Å². The van der Waals surface area contributed by atoms with Crippen molar-refractivity contribution in [2.75, 3.05) is 10.6 Å². The van der Waals surface area contributed by atoms with Gasteiger partial charge in [0.05, 0.1) is 10.9 Å². The molecule has 0 bridgehead atoms. The Hall–Kier alpha value is -2.87. The van der Waals surface area contributed by atoms with E-state index in [1.165, 1.54) is 12.8 Å². The SMILES string of the molecule is C=C(/C=C(\N)Nc1nc(Nc2ccc(CC(=O)NC(C)C)cc2)ncc1Br)C1CC1. The van der Waals surface area contributed by atoms with Crippen LogP contribution in [0.2, 0.25) is 0 Å². The van der Waals surface area contributed by atoms with Crippen LogP contribution in [0.4, 0.5) is 17.5 Å². The fourth-order valence-electron chi connectivity index (χ4n) is 2.85. The number of carbonyl (C=O) groups excluding carboxylic acids is 1. The van der Waals surface area contributed by atoms with Gasteiger partial charge in [-0.3, -0.25) is 4.79 Å². The summed E-state index contributed by atoms with van der Waals surface area (Å²) in [6, 6.07) is 7.73. The summed E-state index contributed by atoms with van der Waals surface area (Å²) in [5.41, 5.74) is 8.88. The molecular weight excluding hydrogens is 444 g/mol. The van der Waals surface area contributed by atoms with Crippen LogP contribution < -0.4 is 21.7 Å². The molecule has 2 aromatic rings. The van der Waals surface area contributed by atoms with E-state index >= 15 is 0 Å². The zero-order chi connectivity index (χ0) is 21.7. The predicted octanol–water partition coefficient (Wildman–Crippen LogP) is 4.23. The minimum absolute atomic E-state index is 0.00711. The Morgan fingerprint density at radius 2 is 2.03 bits per heavy atom. The van der Waals surface area contributed by atoms with Gasteiger partial charge >= 0.3 is 0 Å². The maximum atomic E-state index is 11.9. The lowest BCUT2D eigenvalue weighted by atomic mass is 10.1. The first-order chi connectivity index (χ1) is 14.3. The van der Waals surface area contributed by atoms with E-state index in [9.17, 15) is 4.79 Å². The molecule has 1 saturated carbocycles. The quantitative estimate of drug-likeness (QED) is 0.408. The van der Waals surface area contributed by atoms with Gasteiger partial charge in [0.1, 0.15) is 5.82 Å². The monoisotopic (exact) mass is 470 g/mol. The van der Waals surface area contributed by atoms with E-state index in [1.807, 2.05) is 44.2 Å². The Morgan fingerprint density at radius 3 is 2.67 bits per heavy atom. The molecule has 1 aromatic carbocycles. The third-order valence-electron chi connectivity index (χ3n) is 4.47. The molecule has 30 heavy (non-hydrogen) atoms. The minimum atomic E-state index is 0.00711. The van der Waals surface area contributed by atoms with E-state index in [1.54, 1.807) is 6.20 Å². The smallest absolute Gasteiger partial charge is 0.229 e. The molecule has 0 radical (unpaired) electrons. The van der Waals surface area contributed by atoms with Gasteiger partial charge < -0.3 is 21.7 Å². The number of nitrogens with one attached hydrogen (secondary N) is 3. The number of anilines is 3. The maximum absolute atomic E-state index is 11.9. The Morgan fingerprint density at radius 1 is 1.33 bits per heavy atom. The van der Waals surface area contributed by atoms with Crippen molar-refractivity contribution in [3.63, 3.8) is 0 Å². The van der Waals surface area contributed by atoms with Gasteiger partial charge in [-0.15, -0.1) is 0 Å². The van der Waals surface area contributed by atoms with Crippen molar-refractivity contribution in [3.05, 3.63) is 64.5 Å². The molecule has 0 unspecified atom stereocenters. The second-order valence-electron chi connectivity index (χ2n) is 7.68. The maximum Gasteiger partial charge on any atom is 0.229 e. The van der Waals surface area contributed by atoms with Crippen LogP contribution in [0.1, 0.15) is 32.3 Å². The van der Waals surface area contributed by atoms with E-state index in [-0.39, 0.29) is 11.9 Å². The summed E-state index contributed by atoms with van der Waals surface area (Å²) in [5, 5.41) is 9.14. The zero-order valence-corrected chi connectivity index (χ0v) is 18.8. The number of aromatic nitrogens is 2. The molecular formula is C22H27BrN6O. The van der Waals surface area contributed by atoms with Gasteiger partial charge in [-0.1, -0.05) is 18.7 Å². The molecule has 1 amide bonds. The third kappa shape index (κ3) is 6.59. The summed E-state index contributed by atoms with van der Waals surface area (Å²) in [5.74, 6) is 2.04. The normalized spacial score (nSPS) is 13.8. The van der Waals surface area contributed by atoms with Gasteiger partial charge in [0.25, 0.3) is 0 Å². The highest BCUT2D eigenvalue weighted by molar-refractivity contribution is 9.10. The Bertz CT molecular complexity index is 951. The number of hydrogen-bond donors (Lipinski definition) is 4. The van der Waals surface area contributed by atoms with Crippen LogP contribution in [0.25, 0.3) is 0 Å². The van der Waals surface area contributed by atoms with Gasteiger partial charge in [0.2, 0.25) is 11.9 Å². The average Bonchev–Trinajstić information content (AvgIpc) is 3.50. The summed E-state index contributed by atoms with van der Waals surface area (Å²) in [6.45, 7) is 7.94. The first kappa shape index (κ1) is 21.8. The molecule has 0 spiro atoms. The molecule has 7 nitrogen and oxygen atoms in total. The van der Waals surface area contributed by atoms with Crippen molar-refractivity contribution >= 4 is 39.3 Å². The Kier molecular flexibility index (Phi) is 7.10. The van der Waals surface area contributed by atoms with Crippen molar-refractivity contribution in [1.82, 2.24) is 15.3 Å². The minimum Gasteiger partial charge on any atom is -0.385 e. The van der Waals surface area contributed by atoms with Crippen molar-refractivity contribution < 1.29 is 4.79 Å². The first-order valence-electron chi connectivity index (χ1n) is 9.91. The van der Waals surface area contributed by atoms with Crippen LogP contribution in [0.5, 0.6) is 0 Å². The average molecular weight is 471 g/mol. The lowest BCUT2D eigenvalue weighted by Gasteiger charge is -2.11. The Balaban J connectivity index is 1.63. The van der Waals surface area contributed by atoms with E-state index < -0.39 is 0 Å². The molecule has 8 heteroatoms. The summed E-state index contributed by atoms with van der Waals surface area (Å²) < 4.78 is 0.702. The standard InChI is InChI=1S/C22H27BrN6O/c1-13(2)26-20(30)11-15-4-8-17(9-5-15)27-22-25-12-18(23)21(29-22)28-19(24)10-14(3)16-6-7-16/h4-5,8-10,12-13,16H,3,6-7,11,24H2,1-2H3,(H,26,30)(H2,25,27,28,29)/b19-10+. The number of nitrogens with two attached hydrogens (primary N) is 1. The van der Waals surface area contributed by atoms with Gasteiger partial charge in [-0.25, -0.2) is 4.98 Å². The molecule has 1 aromatic heterocycles. The lowest BCUT2D eigenvalue weighted by molar-refractivity contribution is -0.120. The van der Waals surface area contributed by atoms with Gasteiger partial charge in [0.15, 0.2) is 5.82 Å². The van der Waals surface area contributed by atoms with Gasteiger partial charge in [-0.05, 0) is 77.9 Å². The molecule has 0 saturated heterocycles. The Labute approximate surface area is 185 Å². The fourth-order valence-corrected chi connectivity index (χ4v) is 3.14. The van der Waals surface area contributed by atoms with Crippen LogP contribution in [0.3, 0.4) is 0 Å². The van der Waals surface area contributed by atoms with Crippen LogP contribution in [0.15, 0.2) is 59.0 Å². The highest BCUT2D eigenvalue weighted by atomic mass is 79.9. The number of allylic oxidation sites excluding steroid dienone is 2.